The summed E-state index contributed by atoms with van der Waals surface area (Å²) in [5.74, 6) is 0.0918. The number of nitrogens with zero attached hydrogens (tertiary/aromatic N) is 1. The Balaban J connectivity index is 1.92. The summed E-state index contributed by atoms with van der Waals surface area (Å²) in [6, 6.07) is 5.55. The largest absolute Gasteiger partial charge is 0.494 e. The molecule has 1 heterocycles. The third-order valence-corrected chi connectivity index (χ3v) is 3.05. The molecule has 122 valence electrons. The molecule has 0 bridgehead atoms. The maximum atomic E-state index is 12.0. The molecule has 5 N–H and O–H groups in total. The third kappa shape index (κ3) is 5.03. The number of primary amides is 1. The predicted molar refractivity (Wildman–Crippen MR) is 85.0 cm³/mol. The van der Waals surface area contributed by atoms with Gasteiger partial charge in [-0.3, -0.25) is 4.79 Å². The summed E-state index contributed by atoms with van der Waals surface area (Å²) in [6.45, 7) is 2.46. The van der Waals surface area contributed by atoms with Crippen LogP contribution < -0.4 is 21.1 Å². The zero-order valence-corrected chi connectivity index (χ0v) is 12.7. The number of rotatable bonds is 7. The number of benzene rings is 1. The van der Waals surface area contributed by atoms with Crippen LogP contribution in [0, 0.1) is 0 Å². The van der Waals surface area contributed by atoms with Gasteiger partial charge in [-0.25, -0.2) is 9.78 Å². The number of aromatic amines is 1. The second-order valence-electron chi connectivity index (χ2n) is 4.79. The number of imidazole rings is 1. The second kappa shape index (κ2) is 7.83. The first-order chi connectivity index (χ1) is 11.1. The quantitative estimate of drug-likeness (QED) is 0.609. The van der Waals surface area contributed by atoms with Crippen LogP contribution in [0.4, 0.5) is 10.5 Å². The van der Waals surface area contributed by atoms with Crippen molar-refractivity contribution >= 4 is 17.6 Å². The van der Waals surface area contributed by atoms with Crippen molar-refractivity contribution in [2.75, 3.05) is 11.9 Å². The first-order valence-electron chi connectivity index (χ1n) is 7.15. The molecule has 0 spiro atoms. The predicted octanol–water partition coefficient (Wildman–Crippen LogP) is 1.03. The van der Waals surface area contributed by atoms with Crippen molar-refractivity contribution in [3.05, 3.63) is 42.5 Å². The summed E-state index contributed by atoms with van der Waals surface area (Å²) in [7, 11) is 0. The number of aromatic nitrogens is 2. The lowest BCUT2D eigenvalue weighted by Crippen LogP contribution is -2.47. The van der Waals surface area contributed by atoms with Crippen LogP contribution in [0.15, 0.2) is 36.8 Å². The highest BCUT2D eigenvalue weighted by Gasteiger charge is 2.19. The Morgan fingerprint density at radius 1 is 1.35 bits per heavy atom. The van der Waals surface area contributed by atoms with Crippen LogP contribution in [-0.4, -0.2) is 34.6 Å². The Kier molecular flexibility index (Phi) is 5.56. The third-order valence-electron chi connectivity index (χ3n) is 3.05. The molecule has 23 heavy (non-hydrogen) atoms. The normalized spacial score (nSPS) is 11.5. The summed E-state index contributed by atoms with van der Waals surface area (Å²) in [4.78, 5) is 30.2. The van der Waals surface area contributed by atoms with Gasteiger partial charge in [-0.15, -0.1) is 0 Å². The fourth-order valence-corrected chi connectivity index (χ4v) is 1.97. The SMILES string of the molecule is CCOc1ccc(NC(=O)NC(Cc2cnc[nH]2)C(N)=O)cc1. The van der Waals surface area contributed by atoms with Crippen molar-refractivity contribution in [2.24, 2.45) is 5.73 Å². The lowest BCUT2D eigenvalue weighted by Gasteiger charge is -2.15. The molecule has 3 amide bonds. The van der Waals surface area contributed by atoms with Gasteiger partial charge >= 0.3 is 6.03 Å². The summed E-state index contributed by atoms with van der Waals surface area (Å²) in [5.41, 5.74) is 6.60. The van der Waals surface area contributed by atoms with Gasteiger partial charge in [0.05, 0.1) is 12.9 Å². The van der Waals surface area contributed by atoms with Crippen LogP contribution in [0.2, 0.25) is 0 Å². The fourth-order valence-electron chi connectivity index (χ4n) is 1.97. The Labute approximate surface area is 133 Å². The summed E-state index contributed by atoms with van der Waals surface area (Å²) < 4.78 is 5.32. The molecule has 1 atom stereocenters. The monoisotopic (exact) mass is 317 g/mol. The molecule has 0 aliphatic carbocycles. The molecule has 2 aromatic rings. The van der Waals surface area contributed by atoms with E-state index in [-0.39, 0.29) is 6.42 Å². The van der Waals surface area contributed by atoms with E-state index in [9.17, 15) is 9.59 Å². The minimum Gasteiger partial charge on any atom is -0.494 e. The Morgan fingerprint density at radius 2 is 2.09 bits per heavy atom. The van der Waals surface area contributed by atoms with Crippen LogP contribution in [-0.2, 0) is 11.2 Å². The van der Waals surface area contributed by atoms with Gasteiger partial charge in [0.1, 0.15) is 11.8 Å². The van der Waals surface area contributed by atoms with Crippen LogP contribution in [0.1, 0.15) is 12.6 Å². The van der Waals surface area contributed by atoms with Crippen LogP contribution >= 0.6 is 0 Å². The number of nitrogens with two attached hydrogens (primary N) is 1. The van der Waals surface area contributed by atoms with E-state index in [0.29, 0.717) is 23.7 Å². The van der Waals surface area contributed by atoms with Gasteiger partial charge in [-0.1, -0.05) is 0 Å². The van der Waals surface area contributed by atoms with E-state index in [4.69, 9.17) is 10.5 Å². The molecular weight excluding hydrogens is 298 g/mol. The van der Waals surface area contributed by atoms with E-state index >= 15 is 0 Å². The highest BCUT2D eigenvalue weighted by Crippen LogP contribution is 2.15. The van der Waals surface area contributed by atoms with Crippen LogP contribution in [0.5, 0.6) is 5.75 Å². The zero-order chi connectivity index (χ0) is 16.7. The van der Waals surface area contributed by atoms with Crippen molar-refractivity contribution in [3.8, 4) is 5.75 Å². The molecule has 0 aliphatic heterocycles. The Bertz CT molecular complexity index is 640. The van der Waals surface area contributed by atoms with Gasteiger partial charge in [0.25, 0.3) is 0 Å². The average Bonchev–Trinajstić information content (AvgIpc) is 3.02. The fraction of sp³-hybridized carbons (Fsp3) is 0.267. The molecule has 0 saturated carbocycles. The molecule has 0 fully saturated rings. The first-order valence-corrected chi connectivity index (χ1v) is 7.15. The number of ether oxygens (including phenoxy) is 1. The van der Waals surface area contributed by atoms with Crippen LogP contribution in [0.3, 0.4) is 0 Å². The summed E-state index contributed by atoms with van der Waals surface area (Å²) in [5, 5.41) is 5.18. The zero-order valence-electron chi connectivity index (χ0n) is 12.7. The Hall–Kier alpha value is -3.03. The lowest BCUT2D eigenvalue weighted by atomic mass is 10.1. The van der Waals surface area contributed by atoms with E-state index in [1.165, 1.54) is 6.33 Å². The lowest BCUT2D eigenvalue weighted by molar-refractivity contribution is -0.119. The highest BCUT2D eigenvalue weighted by atomic mass is 16.5. The van der Waals surface area contributed by atoms with Crippen LogP contribution in [0.25, 0.3) is 0 Å². The molecular formula is C15H19N5O3. The number of nitrogens with one attached hydrogen (secondary N) is 3. The average molecular weight is 317 g/mol. The van der Waals surface area contributed by atoms with Crippen molar-refractivity contribution in [1.82, 2.24) is 15.3 Å². The van der Waals surface area contributed by atoms with E-state index in [1.807, 2.05) is 6.92 Å². The van der Waals surface area contributed by atoms with E-state index < -0.39 is 18.0 Å². The summed E-state index contributed by atoms with van der Waals surface area (Å²) >= 11 is 0. The molecule has 0 aliphatic rings. The van der Waals surface area contributed by atoms with E-state index in [0.717, 1.165) is 0 Å². The van der Waals surface area contributed by atoms with Gasteiger partial charge in [0.2, 0.25) is 5.91 Å². The highest BCUT2D eigenvalue weighted by molar-refractivity contribution is 5.93. The van der Waals surface area contributed by atoms with Crippen molar-refractivity contribution in [2.45, 2.75) is 19.4 Å². The summed E-state index contributed by atoms with van der Waals surface area (Å²) in [6.07, 6.45) is 3.31. The molecule has 8 nitrogen and oxygen atoms in total. The van der Waals surface area contributed by atoms with Gasteiger partial charge in [-0.05, 0) is 31.2 Å². The van der Waals surface area contributed by atoms with E-state index in [2.05, 4.69) is 20.6 Å². The molecule has 1 aromatic carbocycles. The number of anilines is 1. The molecule has 8 heteroatoms. The van der Waals surface area contributed by atoms with Gasteiger partial charge in [-0.2, -0.15) is 0 Å². The molecule has 1 unspecified atom stereocenters. The van der Waals surface area contributed by atoms with Crippen molar-refractivity contribution in [3.63, 3.8) is 0 Å². The number of hydrogen-bond acceptors (Lipinski definition) is 4. The topological polar surface area (TPSA) is 122 Å². The Morgan fingerprint density at radius 3 is 2.65 bits per heavy atom. The standard InChI is InChI=1S/C15H19N5O3/c1-2-23-12-5-3-10(4-6-12)19-15(22)20-13(14(16)21)7-11-8-17-9-18-11/h3-6,8-9,13H,2,7H2,1H3,(H2,16,21)(H,17,18)(H2,19,20,22). The van der Waals surface area contributed by atoms with Gasteiger partial charge in [0.15, 0.2) is 0 Å². The smallest absolute Gasteiger partial charge is 0.319 e. The van der Waals surface area contributed by atoms with Crippen molar-refractivity contribution < 1.29 is 14.3 Å². The van der Waals surface area contributed by atoms with Crippen molar-refractivity contribution in [1.29, 1.82) is 0 Å². The van der Waals surface area contributed by atoms with E-state index in [1.54, 1.807) is 30.5 Å². The first kappa shape index (κ1) is 16.3. The minimum atomic E-state index is -0.835. The number of carbonyl (C=O) groups excluding carboxylic acids is 2. The number of hydrogen-bond donors (Lipinski definition) is 4. The molecule has 0 radical (unpaired) electrons. The maximum absolute atomic E-state index is 12.0. The number of urea groups is 1. The second-order valence-corrected chi connectivity index (χ2v) is 4.79. The number of H-pyrrole nitrogens is 1. The molecule has 1 aromatic heterocycles. The molecule has 2 rings (SSSR count). The maximum Gasteiger partial charge on any atom is 0.319 e. The number of amides is 3. The molecule has 0 saturated heterocycles. The van der Waals surface area contributed by atoms with Gasteiger partial charge in [0, 0.05) is 24.0 Å². The number of carbonyl (C=O) groups is 2. The van der Waals surface area contributed by atoms with Gasteiger partial charge < -0.3 is 26.1 Å². The minimum absolute atomic E-state index is 0.242.